The molecule has 0 spiro atoms. The van der Waals surface area contributed by atoms with Crippen LogP contribution in [0.5, 0.6) is 0 Å². The van der Waals surface area contributed by atoms with Crippen molar-refractivity contribution in [2.75, 3.05) is 5.75 Å². The summed E-state index contributed by atoms with van der Waals surface area (Å²) in [6, 6.07) is 17.5. The first-order valence-electron chi connectivity index (χ1n) is 11.1. The molecule has 1 heterocycles. The minimum atomic E-state index is -0.498. The van der Waals surface area contributed by atoms with Gasteiger partial charge in [0.25, 0.3) is 11.5 Å². The van der Waals surface area contributed by atoms with Gasteiger partial charge in [-0.2, -0.15) is 0 Å². The molecule has 0 aliphatic heterocycles. The highest BCUT2D eigenvalue weighted by Crippen LogP contribution is 2.23. The summed E-state index contributed by atoms with van der Waals surface area (Å²) in [6.45, 7) is 5.65. The normalized spacial score (nSPS) is 11.1. The Bertz CT molecular complexity index is 1480. The van der Waals surface area contributed by atoms with E-state index in [9.17, 15) is 18.8 Å². The van der Waals surface area contributed by atoms with Gasteiger partial charge in [0.15, 0.2) is 10.9 Å². The smallest absolute Gasteiger partial charge is 0.266 e. The maximum absolute atomic E-state index is 14.0. The molecule has 0 aliphatic carbocycles. The summed E-state index contributed by atoms with van der Waals surface area (Å²) in [5.74, 6) is -0.868. The molecule has 6 nitrogen and oxygen atoms in total. The van der Waals surface area contributed by atoms with Gasteiger partial charge in [-0.1, -0.05) is 47.7 Å². The topological polar surface area (TPSA) is 81.1 Å². The van der Waals surface area contributed by atoms with Crippen LogP contribution in [0.4, 0.5) is 4.39 Å². The zero-order valence-corrected chi connectivity index (χ0v) is 20.4. The van der Waals surface area contributed by atoms with E-state index in [0.717, 1.165) is 17.3 Å². The molecule has 0 fully saturated rings. The van der Waals surface area contributed by atoms with Crippen molar-refractivity contribution in [3.63, 3.8) is 0 Å². The minimum absolute atomic E-state index is 0.0316. The highest BCUT2D eigenvalue weighted by molar-refractivity contribution is 7.99. The number of hydrogen-bond donors (Lipinski definition) is 1. The fourth-order valence-corrected chi connectivity index (χ4v) is 4.45. The zero-order valence-electron chi connectivity index (χ0n) is 19.5. The van der Waals surface area contributed by atoms with Crippen LogP contribution in [0.1, 0.15) is 40.1 Å². The molecule has 0 atom stereocenters. The Labute approximate surface area is 206 Å². The van der Waals surface area contributed by atoms with E-state index in [2.05, 4.69) is 10.3 Å². The molecule has 4 rings (SSSR count). The second-order valence-corrected chi connectivity index (χ2v) is 9.40. The number of fused-ring (bicyclic) bond motifs is 1. The van der Waals surface area contributed by atoms with Gasteiger partial charge in [0.1, 0.15) is 5.82 Å². The number of thioether (sulfide) groups is 1. The minimum Gasteiger partial charge on any atom is -0.350 e. The predicted molar refractivity (Wildman–Crippen MR) is 136 cm³/mol. The van der Waals surface area contributed by atoms with Crippen molar-refractivity contribution in [2.45, 2.75) is 32.0 Å². The van der Waals surface area contributed by atoms with Crippen LogP contribution in [0.3, 0.4) is 0 Å². The van der Waals surface area contributed by atoms with E-state index in [-0.39, 0.29) is 34.0 Å². The Hall–Kier alpha value is -3.78. The number of ketones is 1. The number of halogens is 1. The Morgan fingerprint density at radius 3 is 2.43 bits per heavy atom. The summed E-state index contributed by atoms with van der Waals surface area (Å²) in [5, 5.41) is 3.33. The molecule has 0 aliphatic rings. The number of aromatic nitrogens is 2. The third-order valence-electron chi connectivity index (χ3n) is 5.29. The monoisotopic (exact) mass is 489 g/mol. The summed E-state index contributed by atoms with van der Waals surface area (Å²) in [4.78, 5) is 43.3. The van der Waals surface area contributed by atoms with Gasteiger partial charge < -0.3 is 5.32 Å². The first kappa shape index (κ1) is 24.3. The van der Waals surface area contributed by atoms with Gasteiger partial charge in [-0.25, -0.2) is 9.37 Å². The fourth-order valence-electron chi connectivity index (χ4n) is 3.54. The lowest BCUT2D eigenvalue weighted by Gasteiger charge is -2.14. The van der Waals surface area contributed by atoms with Crippen molar-refractivity contribution in [3.8, 4) is 5.69 Å². The molecule has 1 amide bonds. The Morgan fingerprint density at radius 2 is 1.74 bits per heavy atom. The highest BCUT2D eigenvalue weighted by Gasteiger charge is 2.17. The van der Waals surface area contributed by atoms with Crippen molar-refractivity contribution in [1.29, 1.82) is 0 Å². The molecular weight excluding hydrogens is 465 g/mol. The average Bonchev–Trinajstić information content (AvgIpc) is 2.82. The number of benzene rings is 3. The van der Waals surface area contributed by atoms with Crippen molar-refractivity contribution in [2.24, 2.45) is 0 Å². The molecule has 1 aromatic heterocycles. The summed E-state index contributed by atoms with van der Waals surface area (Å²) in [5.41, 5.74) is 2.18. The number of Topliss-reactive ketones (excluding diaryl/α,β-unsaturated/α-hetero) is 1. The van der Waals surface area contributed by atoms with Gasteiger partial charge in [-0.05, 0) is 57.2 Å². The van der Waals surface area contributed by atoms with Gasteiger partial charge in [-0.15, -0.1) is 0 Å². The lowest BCUT2D eigenvalue weighted by molar-refractivity contribution is 0.0942. The Kier molecular flexibility index (Phi) is 7.12. The quantitative estimate of drug-likeness (QED) is 0.226. The molecule has 35 heavy (non-hydrogen) atoms. The molecule has 1 N–H and O–H groups in total. The molecule has 0 radical (unpaired) electrons. The van der Waals surface area contributed by atoms with Gasteiger partial charge in [0, 0.05) is 17.2 Å². The SMILES string of the molecule is Cc1ccc(C(=O)CSc2nc3cc(C(=O)NC(C)C)ccc3c(=O)n2-c2cccc(F)c2)cc1. The number of nitrogens with one attached hydrogen (secondary N) is 1. The van der Waals surface area contributed by atoms with Crippen LogP contribution in [0, 0.1) is 12.7 Å². The lowest BCUT2D eigenvalue weighted by Crippen LogP contribution is -2.30. The summed E-state index contributed by atoms with van der Waals surface area (Å²) < 4.78 is 15.3. The number of aryl methyl sites for hydroxylation is 1. The number of hydrogen-bond acceptors (Lipinski definition) is 5. The van der Waals surface area contributed by atoms with Crippen LogP contribution < -0.4 is 10.9 Å². The first-order valence-corrected chi connectivity index (χ1v) is 12.1. The van der Waals surface area contributed by atoms with Gasteiger partial charge in [0.2, 0.25) is 0 Å². The highest BCUT2D eigenvalue weighted by atomic mass is 32.2. The standard InChI is InChI=1S/C27H24FN3O3S/c1-16(2)29-25(33)19-11-12-22-23(13-19)30-27(31(26(22)34)21-6-4-5-20(28)14-21)35-15-24(32)18-9-7-17(3)8-10-18/h4-14,16H,15H2,1-3H3,(H,29,33). The average molecular weight is 490 g/mol. The van der Waals surface area contributed by atoms with E-state index >= 15 is 0 Å². The van der Waals surface area contributed by atoms with Crippen molar-refractivity contribution >= 4 is 34.4 Å². The molecule has 0 unspecified atom stereocenters. The largest absolute Gasteiger partial charge is 0.350 e. The molecule has 0 saturated carbocycles. The van der Waals surface area contributed by atoms with Crippen LogP contribution in [-0.2, 0) is 0 Å². The Morgan fingerprint density at radius 1 is 1.03 bits per heavy atom. The molecule has 4 aromatic rings. The van der Waals surface area contributed by atoms with E-state index in [4.69, 9.17) is 0 Å². The number of carbonyl (C=O) groups excluding carboxylic acids is 2. The number of amides is 1. The van der Waals surface area contributed by atoms with Crippen molar-refractivity contribution in [1.82, 2.24) is 14.9 Å². The van der Waals surface area contributed by atoms with E-state index in [1.54, 1.807) is 36.4 Å². The van der Waals surface area contributed by atoms with E-state index in [1.165, 1.54) is 22.8 Å². The van der Waals surface area contributed by atoms with Gasteiger partial charge >= 0.3 is 0 Å². The molecule has 0 saturated heterocycles. The van der Waals surface area contributed by atoms with Gasteiger partial charge in [-0.3, -0.25) is 19.0 Å². The van der Waals surface area contributed by atoms with E-state index < -0.39 is 11.4 Å². The predicted octanol–water partition coefficient (Wildman–Crippen LogP) is 4.95. The van der Waals surface area contributed by atoms with Crippen LogP contribution in [-0.4, -0.2) is 33.0 Å². The molecule has 3 aromatic carbocycles. The second-order valence-electron chi connectivity index (χ2n) is 8.45. The van der Waals surface area contributed by atoms with Gasteiger partial charge in [0.05, 0.1) is 22.3 Å². The fraction of sp³-hybridized carbons (Fsp3) is 0.185. The molecule has 178 valence electrons. The number of nitrogens with zero attached hydrogens (tertiary/aromatic N) is 2. The van der Waals surface area contributed by atoms with Crippen LogP contribution in [0.2, 0.25) is 0 Å². The van der Waals surface area contributed by atoms with Crippen molar-refractivity contribution in [3.05, 3.63) is 99.6 Å². The van der Waals surface area contributed by atoms with E-state index in [0.29, 0.717) is 22.3 Å². The maximum atomic E-state index is 14.0. The summed E-state index contributed by atoms with van der Waals surface area (Å²) >= 11 is 1.09. The van der Waals surface area contributed by atoms with Crippen LogP contribution in [0.15, 0.2) is 76.7 Å². The number of rotatable bonds is 7. The summed E-state index contributed by atoms with van der Waals surface area (Å²) in [6.07, 6.45) is 0. The lowest BCUT2D eigenvalue weighted by atomic mass is 10.1. The third kappa shape index (κ3) is 5.49. The molecule has 0 bridgehead atoms. The maximum Gasteiger partial charge on any atom is 0.266 e. The van der Waals surface area contributed by atoms with E-state index in [1.807, 2.05) is 32.9 Å². The summed E-state index contributed by atoms with van der Waals surface area (Å²) in [7, 11) is 0. The van der Waals surface area contributed by atoms with Crippen LogP contribution in [0.25, 0.3) is 16.6 Å². The molecule has 8 heteroatoms. The Balaban J connectivity index is 1.79. The van der Waals surface area contributed by atoms with Crippen LogP contribution >= 0.6 is 11.8 Å². The zero-order chi connectivity index (χ0) is 25.1. The number of carbonyl (C=O) groups is 2. The third-order valence-corrected chi connectivity index (χ3v) is 6.23. The molecular formula is C27H24FN3O3S. The first-order chi connectivity index (χ1) is 16.7. The van der Waals surface area contributed by atoms with Crippen molar-refractivity contribution < 1.29 is 14.0 Å². The second kappa shape index (κ2) is 10.2.